The van der Waals surface area contributed by atoms with Gasteiger partial charge < -0.3 is 14.8 Å². The van der Waals surface area contributed by atoms with E-state index < -0.39 is 0 Å². The summed E-state index contributed by atoms with van der Waals surface area (Å²) in [7, 11) is 0. The summed E-state index contributed by atoms with van der Waals surface area (Å²) in [5, 5.41) is 3.73. The van der Waals surface area contributed by atoms with Crippen molar-refractivity contribution < 1.29 is 9.47 Å². The minimum atomic E-state index is 0.261. The molecule has 0 bridgehead atoms. The third-order valence-corrected chi connectivity index (χ3v) is 3.49. The Morgan fingerprint density at radius 2 is 2.12 bits per heavy atom. The molecular formula is C13H15NO2S. The van der Waals surface area contributed by atoms with Gasteiger partial charge in [0, 0.05) is 12.3 Å². The lowest BCUT2D eigenvalue weighted by Crippen LogP contribution is -2.26. The molecule has 0 aliphatic carbocycles. The molecule has 0 amide bonds. The lowest BCUT2D eigenvalue weighted by molar-refractivity contribution is 0.279. The summed E-state index contributed by atoms with van der Waals surface area (Å²) in [6.45, 7) is 1.95. The highest BCUT2D eigenvalue weighted by atomic mass is 32.2. The van der Waals surface area contributed by atoms with Crippen LogP contribution in [0.3, 0.4) is 0 Å². The number of hydrogen-bond acceptors (Lipinski definition) is 4. The quantitative estimate of drug-likeness (QED) is 0.805. The molecule has 1 atom stereocenters. The fourth-order valence-electron chi connectivity index (χ4n) is 1.56. The normalized spacial score (nSPS) is 18.6. The molecule has 1 unspecified atom stereocenters. The zero-order chi connectivity index (χ0) is 11.9. The molecule has 1 saturated heterocycles. The van der Waals surface area contributed by atoms with Gasteiger partial charge in [-0.3, -0.25) is 0 Å². The lowest BCUT2D eigenvalue weighted by Gasteiger charge is -2.14. The van der Waals surface area contributed by atoms with E-state index >= 15 is 0 Å². The molecule has 1 fully saturated rings. The molecule has 17 heavy (non-hydrogen) atoms. The van der Waals surface area contributed by atoms with Crippen molar-refractivity contribution in [3.63, 3.8) is 0 Å². The van der Waals surface area contributed by atoms with Crippen LogP contribution in [-0.4, -0.2) is 30.9 Å². The van der Waals surface area contributed by atoms with Crippen LogP contribution < -0.4 is 14.8 Å². The van der Waals surface area contributed by atoms with Gasteiger partial charge in [-0.1, -0.05) is 18.1 Å². The van der Waals surface area contributed by atoms with Crippen LogP contribution in [0.25, 0.3) is 0 Å². The Labute approximate surface area is 106 Å². The van der Waals surface area contributed by atoms with Crippen LogP contribution in [0.5, 0.6) is 11.5 Å². The number of para-hydroxylation sites is 2. The first-order valence-corrected chi connectivity index (χ1v) is 6.58. The number of ether oxygens (including phenoxy) is 2. The molecule has 0 radical (unpaired) electrons. The average molecular weight is 249 g/mol. The number of terminal acetylenes is 1. The van der Waals surface area contributed by atoms with E-state index in [1.807, 2.05) is 36.0 Å². The Balaban J connectivity index is 1.92. The number of nitrogens with one attached hydrogen (secondary N) is 1. The van der Waals surface area contributed by atoms with Crippen molar-refractivity contribution in [2.24, 2.45) is 0 Å². The molecule has 1 aliphatic rings. The lowest BCUT2D eigenvalue weighted by atomic mass is 10.3. The first kappa shape index (κ1) is 12.2. The molecule has 3 nitrogen and oxygen atoms in total. The van der Waals surface area contributed by atoms with Crippen LogP contribution in [0.15, 0.2) is 24.3 Å². The van der Waals surface area contributed by atoms with Crippen LogP contribution in [0.1, 0.15) is 0 Å². The zero-order valence-electron chi connectivity index (χ0n) is 9.52. The van der Waals surface area contributed by atoms with E-state index in [-0.39, 0.29) is 6.61 Å². The number of thioether (sulfide) groups is 1. The number of rotatable bonds is 5. The van der Waals surface area contributed by atoms with Gasteiger partial charge in [-0.05, 0) is 12.1 Å². The van der Waals surface area contributed by atoms with Gasteiger partial charge in [0.25, 0.3) is 0 Å². The third kappa shape index (κ3) is 3.58. The molecule has 1 heterocycles. The SMILES string of the molecule is C#CCOc1ccccc1OCC1NCCS1. The molecule has 0 saturated carbocycles. The summed E-state index contributed by atoms with van der Waals surface area (Å²) < 4.78 is 11.2. The van der Waals surface area contributed by atoms with Gasteiger partial charge in [0.2, 0.25) is 0 Å². The molecule has 1 N–H and O–H groups in total. The van der Waals surface area contributed by atoms with Crippen molar-refractivity contribution in [3.05, 3.63) is 24.3 Å². The molecule has 0 aromatic heterocycles. The van der Waals surface area contributed by atoms with E-state index in [4.69, 9.17) is 15.9 Å². The highest BCUT2D eigenvalue weighted by molar-refractivity contribution is 8.00. The number of benzene rings is 1. The van der Waals surface area contributed by atoms with E-state index in [1.165, 1.54) is 0 Å². The highest BCUT2D eigenvalue weighted by Gasteiger charge is 2.15. The second-order valence-corrected chi connectivity index (χ2v) is 4.87. The van der Waals surface area contributed by atoms with E-state index in [2.05, 4.69) is 11.2 Å². The van der Waals surface area contributed by atoms with Gasteiger partial charge in [0.05, 0.1) is 5.37 Å². The summed E-state index contributed by atoms with van der Waals surface area (Å²) in [6.07, 6.45) is 5.17. The standard InChI is InChI=1S/C13H15NO2S/c1-2-8-15-11-5-3-4-6-12(11)16-10-13-14-7-9-17-13/h1,3-6,13-14H,7-10H2. The Bertz CT molecular complexity index is 397. The summed E-state index contributed by atoms with van der Waals surface area (Å²) in [6, 6.07) is 7.59. The monoisotopic (exact) mass is 249 g/mol. The summed E-state index contributed by atoms with van der Waals surface area (Å²) in [4.78, 5) is 0. The Morgan fingerprint density at radius 3 is 2.76 bits per heavy atom. The van der Waals surface area contributed by atoms with Crippen LogP contribution in [-0.2, 0) is 0 Å². The summed E-state index contributed by atoms with van der Waals surface area (Å²) >= 11 is 1.88. The average Bonchev–Trinajstić information content (AvgIpc) is 2.88. The predicted molar refractivity (Wildman–Crippen MR) is 70.5 cm³/mol. The van der Waals surface area contributed by atoms with E-state index in [0.29, 0.717) is 17.7 Å². The predicted octanol–water partition coefficient (Wildman–Crippen LogP) is 1.74. The Hall–Kier alpha value is -1.31. The van der Waals surface area contributed by atoms with Gasteiger partial charge in [0.15, 0.2) is 11.5 Å². The van der Waals surface area contributed by atoms with Gasteiger partial charge in [0.1, 0.15) is 13.2 Å². The maximum absolute atomic E-state index is 5.74. The van der Waals surface area contributed by atoms with Crippen LogP contribution in [0.4, 0.5) is 0 Å². The van der Waals surface area contributed by atoms with Gasteiger partial charge in [-0.25, -0.2) is 0 Å². The fraction of sp³-hybridized carbons (Fsp3) is 0.385. The second kappa shape index (κ2) is 6.43. The van der Waals surface area contributed by atoms with Crippen molar-refractivity contribution in [2.45, 2.75) is 5.37 Å². The maximum atomic E-state index is 5.74. The van der Waals surface area contributed by atoms with Crippen molar-refractivity contribution in [3.8, 4) is 23.8 Å². The van der Waals surface area contributed by atoms with Crippen LogP contribution >= 0.6 is 11.8 Å². The second-order valence-electron chi connectivity index (χ2n) is 3.56. The topological polar surface area (TPSA) is 30.5 Å². The molecule has 1 aromatic carbocycles. The van der Waals surface area contributed by atoms with Crippen molar-refractivity contribution >= 4 is 11.8 Å². The molecule has 1 aliphatic heterocycles. The number of hydrogen-bond donors (Lipinski definition) is 1. The van der Waals surface area contributed by atoms with Gasteiger partial charge in [-0.15, -0.1) is 18.2 Å². The minimum Gasteiger partial charge on any atom is -0.487 e. The van der Waals surface area contributed by atoms with Gasteiger partial charge in [-0.2, -0.15) is 0 Å². The molecule has 90 valence electrons. The van der Waals surface area contributed by atoms with Crippen molar-refractivity contribution in [2.75, 3.05) is 25.5 Å². The van der Waals surface area contributed by atoms with E-state index in [1.54, 1.807) is 0 Å². The molecular weight excluding hydrogens is 234 g/mol. The van der Waals surface area contributed by atoms with Crippen molar-refractivity contribution in [1.29, 1.82) is 0 Å². The smallest absolute Gasteiger partial charge is 0.162 e. The first-order chi connectivity index (χ1) is 8.40. The van der Waals surface area contributed by atoms with Crippen LogP contribution in [0.2, 0.25) is 0 Å². The maximum Gasteiger partial charge on any atom is 0.162 e. The third-order valence-electron chi connectivity index (χ3n) is 2.34. The fourth-order valence-corrected chi connectivity index (χ4v) is 2.48. The zero-order valence-corrected chi connectivity index (χ0v) is 10.3. The van der Waals surface area contributed by atoms with Gasteiger partial charge >= 0.3 is 0 Å². The Morgan fingerprint density at radius 1 is 1.35 bits per heavy atom. The summed E-state index contributed by atoms with van der Waals surface area (Å²) in [5.74, 6) is 5.04. The minimum absolute atomic E-state index is 0.261. The molecule has 0 spiro atoms. The highest BCUT2D eigenvalue weighted by Crippen LogP contribution is 2.27. The molecule has 2 rings (SSSR count). The van der Waals surface area contributed by atoms with Crippen molar-refractivity contribution in [1.82, 2.24) is 5.32 Å². The van der Waals surface area contributed by atoms with E-state index in [9.17, 15) is 0 Å². The largest absolute Gasteiger partial charge is 0.487 e. The first-order valence-electron chi connectivity index (χ1n) is 5.53. The molecule has 4 heteroatoms. The van der Waals surface area contributed by atoms with Crippen LogP contribution in [0, 0.1) is 12.3 Å². The summed E-state index contributed by atoms with van der Waals surface area (Å²) in [5.41, 5.74) is 0. The molecule has 1 aromatic rings. The van der Waals surface area contributed by atoms with E-state index in [0.717, 1.165) is 18.0 Å². The Kier molecular flexibility index (Phi) is 4.60.